The summed E-state index contributed by atoms with van der Waals surface area (Å²) < 4.78 is 2.49. The van der Waals surface area contributed by atoms with E-state index in [2.05, 4.69) is 83.6 Å². The van der Waals surface area contributed by atoms with Crippen molar-refractivity contribution in [1.82, 2.24) is 0 Å². The number of benzene rings is 2. The first-order chi connectivity index (χ1) is 9.63. The molecule has 0 amide bonds. The molecule has 20 heavy (non-hydrogen) atoms. The predicted octanol–water partition coefficient (Wildman–Crippen LogP) is 6.15. The number of nitrogens with one attached hydrogen (secondary N) is 1. The van der Waals surface area contributed by atoms with E-state index in [0.29, 0.717) is 6.04 Å². The molecule has 1 aromatic heterocycles. The molecule has 0 radical (unpaired) electrons. The minimum Gasteiger partial charge on any atom is -0.378 e. The maximum atomic E-state index is 3.58. The second-order valence-corrected chi connectivity index (χ2v) is 6.99. The summed E-state index contributed by atoms with van der Waals surface area (Å²) in [6.07, 6.45) is 0. The molecular weight excluding hydrogens is 330 g/mol. The van der Waals surface area contributed by atoms with Crippen LogP contribution in [-0.4, -0.2) is 0 Å². The Morgan fingerprint density at radius 2 is 1.90 bits per heavy atom. The summed E-state index contributed by atoms with van der Waals surface area (Å²) in [6, 6.07) is 17.5. The fourth-order valence-electron chi connectivity index (χ4n) is 2.22. The average molecular weight is 346 g/mol. The zero-order valence-electron chi connectivity index (χ0n) is 11.5. The Balaban J connectivity index is 1.84. The zero-order valence-corrected chi connectivity index (χ0v) is 13.9. The SMILES string of the molecule is Cc1ccc(NC(C)c2cc3ccccc3s2)cc1Br. The Morgan fingerprint density at radius 1 is 1.10 bits per heavy atom. The molecular formula is C17H16BrNS. The molecule has 1 heterocycles. The second-order valence-electron chi connectivity index (χ2n) is 5.02. The number of anilines is 1. The van der Waals surface area contributed by atoms with Crippen LogP contribution in [0.3, 0.4) is 0 Å². The third-order valence-electron chi connectivity index (χ3n) is 3.43. The lowest BCUT2D eigenvalue weighted by molar-refractivity contribution is 0.908. The number of aryl methyl sites for hydroxylation is 1. The van der Waals surface area contributed by atoms with Gasteiger partial charge in [-0.05, 0) is 49.1 Å². The van der Waals surface area contributed by atoms with Crippen LogP contribution in [0, 0.1) is 6.92 Å². The standard InChI is InChI=1S/C17H16BrNS/c1-11-7-8-14(10-15(11)18)19-12(2)17-9-13-5-3-4-6-16(13)20-17/h3-10,12,19H,1-2H3. The van der Waals surface area contributed by atoms with E-state index in [9.17, 15) is 0 Å². The fraction of sp³-hybridized carbons (Fsp3) is 0.176. The van der Waals surface area contributed by atoms with Crippen LogP contribution in [0.2, 0.25) is 0 Å². The van der Waals surface area contributed by atoms with Gasteiger partial charge in [-0.2, -0.15) is 0 Å². The molecule has 0 aliphatic heterocycles. The highest BCUT2D eigenvalue weighted by Gasteiger charge is 2.09. The topological polar surface area (TPSA) is 12.0 Å². The summed E-state index contributed by atoms with van der Waals surface area (Å²) in [5.74, 6) is 0. The summed E-state index contributed by atoms with van der Waals surface area (Å²) in [5, 5.41) is 4.89. The number of halogens is 1. The van der Waals surface area contributed by atoms with Crippen LogP contribution in [0.25, 0.3) is 10.1 Å². The largest absolute Gasteiger partial charge is 0.378 e. The minimum atomic E-state index is 0.307. The van der Waals surface area contributed by atoms with Gasteiger partial charge in [-0.3, -0.25) is 0 Å². The van der Waals surface area contributed by atoms with Gasteiger partial charge in [0.25, 0.3) is 0 Å². The molecule has 0 aliphatic carbocycles. The number of fused-ring (bicyclic) bond motifs is 1. The van der Waals surface area contributed by atoms with Crippen molar-refractivity contribution in [2.75, 3.05) is 5.32 Å². The molecule has 1 nitrogen and oxygen atoms in total. The van der Waals surface area contributed by atoms with Gasteiger partial charge in [-0.15, -0.1) is 11.3 Å². The van der Waals surface area contributed by atoms with Crippen molar-refractivity contribution in [3.8, 4) is 0 Å². The van der Waals surface area contributed by atoms with Crippen molar-refractivity contribution in [2.24, 2.45) is 0 Å². The van der Waals surface area contributed by atoms with Crippen molar-refractivity contribution in [1.29, 1.82) is 0 Å². The molecule has 102 valence electrons. The minimum absolute atomic E-state index is 0.307. The number of thiophene rings is 1. The normalized spacial score (nSPS) is 12.6. The molecule has 0 saturated heterocycles. The lowest BCUT2D eigenvalue weighted by Crippen LogP contribution is -2.04. The van der Waals surface area contributed by atoms with Crippen LogP contribution < -0.4 is 5.32 Å². The predicted molar refractivity (Wildman–Crippen MR) is 92.7 cm³/mol. The van der Waals surface area contributed by atoms with Gasteiger partial charge in [0.1, 0.15) is 0 Å². The van der Waals surface area contributed by atoms with Crippen LogP contribution in [0.1, 0.15) is 23.4 Å². The maximum Gasteiger partial charge on any atom is 0.0578 e. The quantitative estimate of drug-likeness (QED) is 0.600. The van der Waals surface area contributed by atoms with Gasteiger partial charge >= 0.3 is 0 Å². The average Bonchev–Trinajstić information content (AvgIpc) is 2.87. The Kier molecular flexibility index (Phi) is 3.81. The number of rotatable bonds is 3. The van der Waals surface area contributed by atoms with Gasteiger partial charge in [0.05, 0.1) is 6.04 Å². The van der Waals surface area contributed by atoms with Crippen molar-refractivity contribution in [3.63, 3.8) is 0 Å². The zero-order chi connectivity index (χ0) is 14.1. The monoisotopic (exact) mass is 345 g/mol. The third-order valence-corrected chi connectivity index (χ3v) is 5.58. The van der Waals surface area contributed by atoms with Crippen LogP contribution in [0.5, 0.6) is 0 Å². The Labute approximate surface area is 131 Å². The lowest BCUT2D eigenvalue weighted by Gasteiger charge is -2.14. The van der Waals surface area contributed by atoms with Crippen LogP contribution >= 0.6 is 27.3 Å². The maximum absolute atomic E-state index is 3.58. The molecule has 3 aromatic rings. The highest BCUT2D eigenvalue weighted by Crippen LogP contribution is 2.32. The summed E-state index contributed by atoms with van der Waals surface area (Å²) in [4.78, 5) is 1.36. The molecule has 0 aliphatic rings. The molecule has 1 N–H and O–H groups in total. The van der Waals surface area contributed by atoms with E-state index in [0.717, 1.165) is 10.2 Å². The van der Waals surface area contributed by atoms with E-state index in [1.165, 1.54) is 20.5 Å². The second kappa shape index (κ2) is 5.58. The number of hydrogen-bond donors (Lipinski definition) is 1. The van der Waals surface area contributed by atoms with Crippen molar-refractivity contribution >= 4 is 43.0 Å². The van der Waals surface area contributed by atoms with Gasteiger partial charge in [0, 0.05) is 19.7 Å². The van der Waals surface area contributed by atoms with Gasteiger partial charge in [-0.25, -0.2) is 0 Å². The highest BCUT2D eigenvalue weighted by molar-refractivity contribution is 9.10. The van der Waals surface area contributed by atoms with Gasteiger partial charge in [-0.1, -0.05) is 40.2 Å². The molecule has 0 saturated carbocycles. The van der Waals surface area contributed by atoms with E-state index < -0.39 is 0 Å². The molecule has 0 bridgehead atoms. The Bertz CT molecular complexity index is 715. The summed E-state index contributed by atoms with van der Waals surface area (Å²) in [6.45, 7) is 4.31. The Hall–Kier alpha value is -1.32. The highest BCUT2D eigenvalue weighted by atomic mass is 79.9. The van der Waals surface area contributed by atoms with Crippen LogP contribution in [0.4, 0.5) is 5.69 Å². The van der Waals surface area contributed by atoms with Gasteiger partial charge < -0.3 is 5.32 Å². The summed E-state index contributed by atoms with van der Waals surface area (Å²) in [5.41, 5.74) is 2.40. The molecule has 1 unspecified atom stereocenters. The van der Waals surface area contributed by atoms with E-state index >= 15 is 0 Å². The molecule has 3 rings (SSSR count). The van der Waals surface area contributed by atoms with E-state index in [1.807, 2.05) is 11.3 Å². The lowest BCUT2D eigenvalue weighted by atomic mass is 10.2. The first-order valence-electron chi connectivity index (χ1n) is 6.64. The molecule has 0 fully saturated rings. The van der Waals surface area contributed by atoms with E-state index in [4.69, 9.17) is 0 Å². The van der Waals surface area contributed by atoms with Crippen molar-refractivity contribution in [3.05, 3.63) is 63.4 Å². The molecule has 3 heteroatoms. The molecule has 2 aromatic carbocycles. The smallest absolute Gasteiger partial charge is 0.0578 e. The van der Waals surface area contributed by atoms with E-state index in [-0.39, 0.29) is 0 Å². The molecule has 0 spiro atoms. The summed E-state index contributed by atoms with van der Waals surface area (Å²) >= 11 is 5.44. The third kappa shape index (κ3) is 2.74. The number of hydrogen-bond acceptors (Lipinski definition) is 2. The van der Waals surface area contributed by atoms with Gasteiger partial charge in [0.2, 0.25) is 0 Å². The first-order valence-corrected chi connectivity index (χ1v) is 8.25. The fourth-order valence-corrected chi connectivity index (χ4v) is 3.67. The van der Waals surface area contributed by atoms with Crippen molar-refractivity contribution < 1.29 is 0 Å². The van der Waals surface area contributed by atoms with Crippen LogP contribution in [-0.2, 0) is 0 Å². The Morgan fingerprint density at radius 3 is 2.65 bits per heavy atom. The van der Waals surface area contributed by atoms with E-state index in [1.54, 1.807) is 0 Å². The van der Waals surface area contributed by atoms with Crippen LogP contribution in [0.15, 0.2) is 53.0 Å². The first kappa shape index (κ1) is 13.7. The van der Waals surface area contributed by atoms with Gasteiger partial charge in [0.15, 0.2) is 0 Å². The van der Waals surface area contributed by atoms with Crippen molar-refractivity contribution in [2.45, 2.75) is 19.9 Å². The molecule has 1 atom stereocenters. The summed E-state index contributed by atoms with van der Waals surface area (Å²) in [7, 11) is 0.